The summed E-state index contributed by atoms with van der Waals surface area (Å²) in [6, 6.07) is 3.61. The fourth-order valence-electron chi connectivity index (χ4n) is 2.42. The monoisotopic (exact) mass is 406 g/mol. The number of benzene rings is 1. The standard InChI is InChI=1S/C18H22N4O5S/c1-5-23-13-8-12(9-14(24-6-2)16(13)25-7-3)17-20-21-18(26-17)28-10-15-19-11(4)22-27-15/h8-9H,5-7,10H2,1-4H3. The highest BCUT2D eigenvalue weighted by Gasteiger charge is 2.19. The first kappa shape index (κ1) is 20.0. The highest BCUT2D eigenvalue weighted by molar-refractivity contribution is 7.98. The van der Waals surface area contributed by atoms with Crippen molar-refractivity contribution in [1.29, 1.82) is 0 Å². The molecule has 150 valence electrons. The van der Waals surface area contributed by atoms with E-state index < -0.39 is 0 Å². The van der Waals surface area contributed by atoms with Crippen LogP contribution in [0, 0.1) is 6.92 Å². The van der Waals surface area contributed by atoms with E-state index in [1.807, 2.05) is 20.8 Å². The zero-order valence-electron chi connectivity index (χ0n) is 16.2. The van der Waals surface area contributed by atoms with Crippen LogP contribution in [0.1, 0.15) is 32.5 Å². The number of hydrogen-bond acceptors (Lipinski definition) is 10. The van der Waals surface area contributed by atoms with Crippen molar-refractivity contribution in [2.45, 2.75) is 38.7 Å². The molecule has 2 aromatic heterocycles. The molecule has 0 saturated carbocycles. The molecule has 0 bridgehead atoms. The first-order chi connectivity index (χ1) is 13.6. The lowest BCUT2D eigenvalue weighted by atomic mass is 10.2. The Hall–Kier alpha value is -2.75. The maximum absolute atomic E-state index is 5.76. The molecule has 10 heteroatoms. The van der Waals surface area contributed by atoms with Gasteiger partial charge >= 0.3 is 0 Å². The molecule has 0 radical (unpaired) electrons. The smallest absolute Gasteiger partial charge is 0.277 e. The van der Waals surface area contributed by atoms with E-state index in [0.29, 0.717) is 71.2 Å². The average Bonchev–Trinajstić information content (AvgIpc) is 3.32. The van der Waals surface area contributed by atoms with Gasteiger partial charge in [0.05, 0.1) is 25.6 Å². The number of thioether (sulfide) groups is 1. The number of aryl methyl sites for hydroxylation is 1. The van der Waals surface area contributed by atoms with Gasteiger partial charge in [0.1, 0.15) is 0 Å². The maximum Gasteiger partial charge on any atom is 0.277 e. The van der Waals surface area contributed by atoms with Crippen LogP contribution in [-0.2, 0) is 5.75 Å². The molecule has 0 aliphatic heterocycles. The van der Waals surface area contributed by atoms with Gasteiger partial charge < -0.3 is 23.2 Å². The summed E-state index contributed by atoms with van der Waals surface area (Å²) in [4.78, 5) is 4.15. The van der Waals surface area contributed by atoms with Crippen LogP contribution in [0.25, 0.3) is 11.5 Å². The van der Waals surface area contributed by atoms with Gasteiger partial charge in [0, 0.05) is 5.56 Å². The Morgan fingerprint density at radius 1 is 0.964 bits per heavy atom. The molecule has 0 spiro atoms. The lowest BCUT2D eigenvalue weighted by Crippen LogP contribution is -2.03. The van der Waals surface area contributed by atoms with Crippen molar-refractivity contribution in [3.8, 4) is 28.7 Å². The van der Waals surface area contributed by atoms with Crippen LogP contribution in [-0.4, -0.2) is 40.2 Å². The summed E-state index contributed by atoms with van der Waals surface area (Å²) >= 11 is 1.32. The number of nitrogens with zero attached hydrogens (tertiary/aromatic N) is 4. The molecule has 0 saturated heterocycles. The third-order valence-corrected chi connectivity index (χ3v) is 4.25. The fraction of sp³-hybridized carbons (Fsp3) is 0.444. The second-order valence-electron chi connectivity index (χ2n) is 5.50. The lowest BCUT2D eigenvalue weighted by Gasteiger charge is -2.16. The van der Waals surface area contributed by atoms with Crippen LogP contribution in [0.15, 0.2) is 26.3 Å². The molecule has 9 nitrogen and oxygen atoms in total. The van der Waals surface area contributed by atoms with Gasteiger partial charge in [-0.1, -0.05) is 16.9 Å². The molecular weight excluding hydrogens is 384 g/mol. The Labute approximate surface area is 166 Å². The minimum Gasteiger partial charge on any atom is -0.490 e. The van der Waals surface area contributed by atoms with Gasteiger partial charge in [-0.25, -0.2) is 0 Å². The van der Waals surface area contributed by atoms with E-state index in [-0.39, 0.29) is 0 Å². The predicted octanol–water partition coefficient (Wildman–Crippen LogP) is 3.92. The molecule has 0 aliphatic carbocycles. The highest BCUT2D eigenvalue weighted by atomic mass is 32.2. The molecule has 28 heavy (non-hydrogen) atoms. The first-order valence-corrected chi connectivity index (χ1v) is 9.95. The van der Waals surface area contributed by atoms with Gasteiger partial charge in [-0.05, 0) is 39.8 Å². The van der Waals surface area contributed by atoms with Crippen LogP contribution in [0.5, 0.6) is 17.2 Å². The largest absolute Gasteiger partial charge is 0.490 e. The summed E-state index contributed by atoms with van der Waals surface area (Å²) in [5, 5.41) is 12.3. The number of aromatic nitrogens is 4. The molecule has 0 aliphatic rings. The topological polar surface area (TPSA) is 106 Å². The molecule has 0 unspecified atom stereocenters. The van der Waals surface area contributed by atoms with E-state index in [1.165, 1.54) is 11.8 Å². The summed E-state index contributed by atoms with van der Waals surface area (Å²) in [6.45, 7) is 8.96. The van der Waals surface area contributed by atoms with E-state index in [2.05, 4.69) is 20.3 Å². The van der Waals surface area contributed by atoms with Crippen LogP contribution < -0.4 is 14.2 Å². The van der Waals surface area contributed by atoms with E-state index in [0.717, 1.165) is 0 Å². The lowest BCUT2D eigenvalue weighted by molar-refractivity contribution is 0.261. The van der Waals surface area contributed by atoms with Crippen LogP contribution >= 0.6 is 11.8 Å². The zero-order chi connectivity index (χ0) is 19.9. The Morgan fingerprint density at radius 3 is 2.21 bits per heavy atom. The Bertz CT molecular complexity index is 884. The summed E-state index contributed by atoms with van der Waals surface area (Å²) < 4.78 is 28.0. The minimum atomic E-state index is 0.356. The zero-order valence-corrected chi connectivity index (χ0v) is 17.0. The van der Waals surface area contributed by atoms with E-state index >= 15 is 0 Å². The van der Waals surface area contributed by atoms with Crippen LogP contribution in [0.2, 0.25) is 0 Å². The summed E-state index contributed by atoms with van der Waals surface area (Å²) in [5.41, 5.74) is 0.684. The highest BCUT2D eigenvalue weighted by Crippen LogP contribution is 2.42. The maximum atomic E-state index is 5.76. The van der Waals surface area contributed by atoms with Gasteiger partial charge in [-0.15, -0.1) is 10.2 Å². The molecule has 0 fully saturated rings. The third-order valence-electron chi connectivity index (χ3n) is 3.45. The van der Waals surface area contributed by atoms with Crippen molar-refractivity contribution in [2.75, 3.05) is 19.8 Å². The molecule has 0 atom stereocenters. The second kappa shape index (κ2) is 9.45. The van der Waals surface area contributed by atoms with Crippen molar-refractivity contribution >= 4 is 11.8 Å². The predicted molar refractivity (Wildman–Crippen MR) is 102 cm³/mol. The number of ether oxygens (including phenoxy) is 3. The number of rotatable bonds is 10. The van der Waals surface area contributed by atoms with Crippen molar-refractivity contribution < 1.29 is 23.2 Å². The molecule has 3 rings (SSSR count). The van der Waals surface area contributed by atoms with Gasteiger partial charge in [0.15, 0.2) is 17.3 Å². The van der Waals surface area contributed by atoms with E-state index in [9.17, 15) is 0 Å². The van der Waals surface area contributed by atoms with Gasteiger partial charge in [-0.3, -0.25) is 0 Å². The normalized spacial score (nSPS) is 10.9. The Morgan fingerprint density at radius 2 is 1.64 bits per heavy atom. The molecule has 3 aromatic rings. The quantitative estimate of drug-likeness (QED) is 0.460. The van der Waals surface area contributed by atoms with E-state index in [1.54, 1.807) is 19.1 Å². The fourth-order valence-corrected chi connectivity index (χ4v) is 3.02. The third kappa shape index (κ3) is 4.75. The Kier molecular flexibility index (Phi) is 6.75. The van der Waals surface area contributed by atoms with Gasteiger partial charge in [0.25, 0.3) is 5.22 Å². The number of hydrogen-bond donors (Lipinski definition) is 0. The summed E-state index contributed by atoms with van der Waals surface area (Å²) in [6.07, 6.45) is 0. The van der Waals surface area contributed by atoms with Crippen molar-refractivity contribution in [3.63, 3.8) is 0 Å². The SMILES string of the molecule is CCOc1cc(-c2nnc(SCc3nc(C)no3)o2)cc(OCC)c1OCC. The Balaban J connectivity index is 1.84. The molecular formula is C18H22N4O5S. The van der Waals surface area contributed by atoms with Gasteiger partial charge in [0.2, 0.25) is 17.5 Å². The van der Waals surface area contributed by atoms with Crippen LogP contribution in [0.3, 0.4) is 0 Å². The average molecular weight is 406 g/mol. The van der Waals surface area contributed by atoms with Crippen LogP contribution in [0.4, 0.5) is 0 Å². The van der Waals surface area contributed by atoms with Crippen molar-refractivity contribution in [2.24, 2.45) is 0 Å². The molecule has 1 aromatic carbocycles. The van der Waals surface area contributed by atoms with Gasteiger partial charge in [-0.2, -0.15) is 4.98 Å². The summed E-state index contributed by atoms with van der Waals surface area (Å²) in [5.74, 6) is 3.59. The molecule has 0 N–H and O–H groups in total. The van der Waals surface area contributed by atoms with Crippen molar-refractivity contribution in [1.82, 2.24) is 20.3 Å². The molecule has 0 amide bonds. The minimum absolute atomic E-state index is 0.356. The first-order valence-electron chi connectivity index (χ1n) is 8.96. The summed E-state index contributed by atoms with van der Waals surface area (Å²) in [7, 11) is 0. The molecule has 2 heterocycles. The van der Waals surface area contributed by atoms with E-state index in [4.69, 9.17) is 23.2 Å². The second-order valence-corrected chi connectivity index (χ2v) is 6.42. The van der Waals surface area contributed by atoms with Crippen molar-refractivity contribution in [3.05, 3.63) is 23.8 Å².